The Bertz CT molecular complexity index is 1150. The van der Waals surface area contributed by atoms with Crippen molar-refractivity contribution in [2.75, 3.05) is 11.4 Å². The van der Waals surface area contributed by atoms with Crippen molar-refractivity contribution in [3.63, 3.8) is 0 Å². The van der Waals surface area contributed by atoms with Crippen LogP contribution < -0.4 is 4.90 Å². The summed E-state index contributed by atoms with van der Waals surface area (Å²) in [5.41, 5.74) is 3.02. The van der Waals surface area contributed by atoms with Gasteiger partial charge in [-0.15, -0.1) is 0 Å². The van der Waals surface area contributed by atoms with Crippen molar-refractivity contribution in [1.82, 2.24) is 20.3 Å². The van der Waals surface area contributed by atoms with E-state index >= 15 is 0 Å². The van der Waals surface area contributed by atoms with E-state index in [9.17, 15) is 9.18 Å². The number of hydrogen-bond donors (Lipinski definition) is 1. The molecule has 5 rings (SSSR count). The van der Waals surface area contributed by atoms with E-state index in [4.69, 9.17) is 4.52 Å². The molecule has 1 aliphatic rings. The molecule has 1 saturated heterocycles. The lowest BCUT2D eigenvalue weighted by Gasteiger charge is -2.15. The predicted molar refractivity (Wildman–Crippen MR) is 103 cm³/mol. The average molecular weight is 389 g/mol. The van der Waals surface area contributed by atoms with Crippen LogP contribution in [0.2, 0.25) is 0 Å². The number of aromatic nitrogens is 4. The van der Waals surface area contributed by atoms with Crippen molar-refractivity contribution < 1.29 is 13.7 Å². The van der Waals surface area contributed by atoms with Crippen molar-refractivity contribution >= 4 is 11.6 Å². The van der Waals surface area contributed by atoms with Crippen molar-refractivity contribution in [2.24, 2.45) is 0 Å². The number of carbonyl (C=O) groups is 1. The Hall–Kier alpha value is -3.81. The molecule has 144 valence electrons. The number of halogens is 1. The number of aromatic amines is 1. The molecule has 0 saturated carbocycles. The second-order valence-corrected chi connectivity index (χ2v) is 6.87. The van der Waals surface area contributed by atoms with Crippen LogP contribution in [0.1, 0.15) is 18.2 Å². The molecule has 29 heavy (non-hydrogen) atoms. The highest BCUT2D eigenvalue weighted by Crippen LogP contribution is 2.31. The van der Waals surface area contributed by atoms with E-state index in [1.807, 2.05) is 36.4 Å². The van der Waals surface area contributed by atoms with Crippen LogP contribution in [0.5, 0.6) is 0 Å². The van der Waals surface area contributed by atoms with Crippen LogP contribution in [0, 0.1) is 5.82 Å². The highest BCUT2D eigenvalue weighted by Gasteiger charge is 2.34. The van der Waals surface area contributed by atoms with Gasteiger partial charge in [-0.1, -0.05) is 35.5 Å². The molecule has 0 aliphatic carbocycles. The lowest BCUT2D eigenvalue weighted by Crippen LogP contribution is -2.24. The zero-order chi connectivity index (χ0) is 19.8. The standard InChI is InChI=1S/C21H16FN5O2/c22-15-6-8-16(9-7-15)27-12-14(10-19(27)28)20-23-21(29-26-20)18-11-17(24-25-18)13-4-2-1-3-5-13/h1-9,11,14H,10,12H2,(H,24,25). The molecule has 7 nitrogen and oxygen atoms in total. The summed E-state index contributed by atoms with van der Waals surface area (Å²) < 4.78 is 18.5. The highest BCUT2D eigenvalue weighted by molar-refractivity contribution is 5.96. The number of nitrogens with one attached hydrogen (secondary N) is 1. The first-order chi connectivity index (χ1) is 14.2. The van der Waals surface area contributed by atoms with Gasteiger partial charge in [0.2, 0.25) is 5.91 Å². The minimum absolute atomic E-state index is 0.0548. The van der Waals surface area contributed by atoms with Crippen LogP contribution in [0.15, 0.2) is 65.2 Å². The molecule has 0 bridgehead atoms. The first kappa shape index (κ1) is 17.3. The Kier molecular flexibility index (Phi) is 4.16. The molecule has 0 radical (unpaired) electrons. The van der Waals surface area contributed by atoms with E-state index in [0.29, 0.717) is 29.6 Å². The fourth-order valence-corrected chi connectivity index (χ4v) is 3.45. The van der Waals surface area contributed by atoms with Crippen LogP contribution in [-0.4, -0.2) is 32.8 Å². The van der Waals surface area contributed by atoms with Crippen LogP contribution in [0.25, 0.3) is 22.8 Å². The van der Waals surface area contributed by atoms with Gasteiger partial charge < -0.3 is 9.42 Å². The quantitative estimate of drug-likeness (QED) is 0.574. The van der Waals surface area contributed by atoms with E-state index < -0.39 is 0 Å². The topological polar surface area (TPSA) is 87.9 Å². The number of amides is 1. The average Bonchev–Trinajstić information content (AvgIpc) is 3.48. The number of hydrogen-bond acceptors (Lipinski definition) is 5. The number of H-pyrrole nitrogens is 1. The van der Waals surface area contributed by atoms with Gasteiger partial charge in [-0.3, -0.25) is 9.89 Å². The summed E-state index contributed by atoms with van der Waals surface area (Å²) in [6.45, 7) is 0.418. The van der Waals surface area contributed by atoms with Gasteiger partial charge in [0, 0.05) is 30.1 Å². The van der Waals surface area contributed by atoms with Gasteiger partial charge in [0.25, 0.3) is 5.89 Å². The summed E-state index contributed by atoms with van der Waals surface area (Å²) in [5.74, 6) is 0.202. The summed E-state index contributed by atoms with van der Waals surface area (Å²) in [4.78, 5) is 18.5. The lowest BCUT2D eigenvalue weighted by molar-refractivity contribution is -0.117. The first-order valence-electron chi connectivity index (χ1n) is 9.18. The molecule has 1 unspecified atom stereocenters. The van der Waals surface area contributed by atoms with Gasteiger partial charge in [-0.2, -0.15) is 10.1 Å². The van der Waals surface area contributed by atoms with Gasteiger partial charge in [0.15, 0.2) is 5.82 Å². The van der Waals surface area contributed by atoms with Crippen molar-refractivity contribution in [3.05, 3.63) is 72.3 Å². The van der Waals surface area contributed by atoms with Crippen LogP contribution in [0.3, 0.4) is 0 Å². The molecule has 8 heteroatoms. The van der Waals surface area contributed by atoms with Gasteiger partial charge in [0.1, 0.15) is 11.5 Å². The van der Waals surface area contributed by atoms with Crippen molar-refractivity contribution in [3.8, 4) is 22.8 Å². The van der Waals surface area contributed by atoms with Crippen molar-refractivity contribution in [1.29, 1.82) is 0 Å². The largest absolute Gasteiger partial charge is 0.332 e. The zero-order valence-electron chi connectivity index (χ0n) is 15.2. The Balaban J connectivity index is 1.35. The fraction of sp³-hybridized carbons (Fsp3) is 0.143. The molecule has 1 amide bonds. The second-order valence-electron chi connectivity index (χ2n) is 6.87. The molecule has 1 N–H and O–H groups in total. The lowest BCUT2D eigenvalue weighted by atomic mass is 10.1. The molecular formula is C21H16FN5O2. The van der Waals surface area contributed by atoms with E-state index in [0.717, 1.165) is 11.3 Å². The Morgan fingerprint density at radius 3 is 2.69 bits per heavy atom. The van der Waals surface area contributed by atoms with Crippen LogP contribution >= 0.6 is 0 Å². The maximum absolute atomic E-state index is 13.1. The summed E-state index contributed by atoms with van der Waals surface area (Å²) in [6.07, 6.45) is 0.272. The SMILES string of the molecule is O=C1CC(c2noc(-c3cc(-c4ccccc4)n[nH]3)n2)CN1c1ccc(F)cc1. The summed E-state index contributed by atoms with van der Waals surface area (Å²) in [5, 5.41) is 11.3. The van der Waals surface area contributed by atoms with Gasteiger partial charge in [-0.25, -0.2) is 4.39 Å². The molecule has 1 aliphatic heterocycles. The first-order valence-corrected chi connectivity index (χ1v) is 9.18. The minimum Gasteiger partial charge on any atom is -0.332 e. The molecule has 2 aromatic heterocycles. The van der Waals surface area contributed by atoms with Crippen molar-refractivity contribution in [2.45, 2.75) is 12.3 Å². The smallest absolute Gasteiger partial charge is 0.275 e. The molecule has 4 aromatic rings. The second kappa shape index (κ2) is 6.97. The van der Waals surface area contributed by atoms with Gasteiger partial charge >= 0.3 is 0 Å². The van der Waals surface area contributed by atoms with Gasteiger partial charge in [-0.05, 0) is 30.3 Å². The number of rotatable bonds is 4. The monoisotopic (exact) mass is 389 g/mol. The van der Waals surface area contributed by atoms with Crippen LogP contribution in [-0.2, 0) is 4.79 Å². The maximum atomic E-state index is 13.1. The number of benzene rings is 2. The Morgan fingerprint density at radius 1 is 1.10 bits per heavy atom. The fourth-order valence-electron chi connectivity index (χ4n) is 3.45. The van der Waals surface area contributed by atoms with E-state index in [2.05, 4.69) is 20.3 Å². The molecule has 0 spiro atoms. The van der Waals surface area contributed by atoms with E-state index in [1.165, 1.54) is 12.1 Å². The molecule has 1 fully saturated rings. The maximum Gasteiger partial charge on any atom is 0.275 e. The summed E-state index contributed by atoms with van der Waals surface area (Å²) >= 11 is 0. The third kappa shape index (κ3) is 3.29. The molecule has 1 atom stereocenters. The summed E-state index contributed by atoms with van der Waals surface area (Å²) in [6, 6.07) is 17.5. The molecule has 2 aromatic carbocycles. The number of carbonyl (C=O) groups excluding carboxylic acids is 1. The molecule has 3 heterocycles. The molecular weight excluding hydrogens is 373 g/mol. The predicted octanol–water partition coefficient (Wildman–Crippen LogP) is 3.79. The number of nitrogens with zero attached hydrogens (tertiary/aromatic N) is 4. The summed E-state index contributed by atoms with van der Waals surface area (Å²) in [7, 11) is 0. The third-order valence-electron chi connectivity index (χ3n) is 4.95. The number of anilines is 1. The Morgan fingerprint density at radius 2 is 1.90 bits per heavy atom. The van der Waals surface area contributed by atoms with E-state index in [1.54, 1.807) is 17.0 Å². The Labute approximate surface area is 165 Å². The zero-order valence-corrected chi connectivity index (χ0v) is 15.2. The van der Waals surface area contributed by atoms with Gasteiger partial charge in [0.05, 0.1) is 5.69 Å². The van der Waals surface area contributed by atoms with E-state index in [-0.39, 0.29) is 24.1 Å². The minimum atomic E-state index is -0.339. The highest BCUT2D eigenvalue weighted by atomic mass is 19.1. The normalized spacial score (nSPS) is 16.5. The third-order valence-corrected chi connectivity index (χ3v) is 4.95. The van der Waals surface area contributed by atoms with Crippen LogP contribution in [0.4, 0.5) is 10.1 Å².